The molecule has 1 N–H and O–H groups in total. The first-order valence-corrected chi connectivity index (χ1v) is 8.06. The van der Waals surface area contributed by atoms with E-state index in [-0.39, 0.29) is 42.2 Å². The molecule has 0 atom stereocenters. The SMILES string of the molecule is CN(Cc1ccccc1OC(F)(F)F)C(=O)CCc1ccccc1C(=O)O. The van der Waals surface area contributed by atoms with Crippen molar-refractivity contribution in [3.8, 4) is 5.75 Å². The normalized spacial score (nSPS) is 11.1. The van der Waals surface area contributed by atoms with Gasteiger partial charge in [0, 0.05) is 25.6 Å². The molecule has 0 heterocycles. The molecule has 2 aromatic carbocycles. The Hall–Kier alpha value is -3.03. The quantitative estimate of drug-likeness (QED) is 0.791. The second-order valence-electron chi connectivity index (χ2n) is 5.87. The smallest absolute Gasteiger partial charge is 0.478 e. The lowest BCUT2D eigenvalue weighted by molar-refractivity contribution is -0.275. The van der Waals surface area contributed by atoms with Crippen molar-refractivity contribution in [3.63, 3.8) is 0 Å². The number of ether oxygens (including phenoxy) is 1. The molecule has 0 aliphatic heterocycles. The van der Waals surface area contributed by atoms with Gasteiger partial charge in [0.05, 0.1) is 5.56 Å². The standard InChI is InChI=1S/C19H18F3NO4/c1-23(12-14-7-3-5-9-16(14)27-19(20,21)22)17(24)11-10-13-6-2-4-8-15(13)18(25)26/h2-9H,10-12H2,1H3,(H,25,26). The average molecular weight is 381 g/mol. The summed E-state index contributed by atoms with van der Waals surface area (Å²) in [6.45, 7) is -0.0638. The summed E-state index contributed by atoms with van der Waals surface area (Å²) in [7, 11) is 1.47. The molecule has 144 valence electrons. The van der Waals surface area contributed by atoms with E-state index < -0.39 is 12.3 Å². The number of rotatable bonds is 7. The van der Waals surface area contributed by atoms with E-state index in [9.17, 15) is 22.8 Å². The van der Waals surface area contributed by atoms with Gasteiger partial charge in [0.2, 0.25) is 5.91 Å². The molecule has 0 spiro atoms. The third-order valence-corrected chi connectivity index (χ3v) is 3.89. The number of carboxylic acid groups (broad SMARTS) is 1. The third kappa shape index (κ3) is 6.02. The van der Waals surface area contributed by atoms with Crippen LogP contribution in [0.4, 0.5) is 13.2 Å². The number of aryl methyl sites for hydroxylation is 1. The van der Waals surface area contributed by atoms with Crippen molar-refractivity contribution in [2.24, 2.45) is 0 Å². The minimum atomic E-state index is -4.82. The number of carbonyl (C=O) groups is 2. The molecule has 0 bridgehead atoms. The second kappa shape index (κ2) is 8.57. The van der Waals surface area contributed by atoms with Crippen molar-refractivity contribution in [1.82, 2.24) is 4.90 Å². The number of hydrogen-bond acceptors (Lipinski definition) is 3. The molecule has 2 rings (SSSR count). The number of benzene rings is 2. The molecule has 0 aromatic heterocycles. The largest absolute Gasteiger partial charge is 0.573 e. The Morgan fingerprint density at radius 1 is 1.04 bits per heavy atom. The maximum Gasteiger partial charge on any atom is 0.573 e. The molecule has 2 aromatic rings. The summed E-state index contributed by atoms with van der Waals surface area (Å²) in [6, 6.07) is 12.0. The molecule has 0 fully saturated rings. The third-order valence-electron chi connectivity index (χ3n) is 3.89. The number of carbonyl (C=O) groups excluding carboxylic acids is 1. The fourth-order valence-electron chi connectivity index (χ4n) is 2.58. The highest BCUT2D eigenvalue weighted by Crippen LogP contribution is 2.27. The molecule has 1 amide bonds. The van der Waals surface area contributed by atoms with E-state index >= 15 is 0 Å². The summed E-state index contributed by atoms with van der Waals surface area (Å²) in [4.78, 5) is 24.8. The molecule has 8 heteroatoms. The van der Waals surface area contributed by atoms with Crippen molar-refractivity contribution < 1.29 is 32.6 Å². The van der Waals surface area contributed by atoms with Gasteiger partial charge in [-0.25, -0.2) is 4.79 Å². The van der Waals surface area contributed by atoms with Gasteiger partial charge in [-0.15, -0.1) is 13.2 Å². The van der Waals surface area contributed by atoms with Crippen LogP contribution >= 0.6 is 0 Å². The van der Waals surface area contributed by atoms with E-state index in [1.54, 1.807) is 24.3 Å². The molecule has 0 saturated carbocycles. The van der Waals surface area contributed by atoms with Crippen molar-refractivity contribution in [2.75, 3.05) is 7.05 Å². The topological polar surface area (TPSA) is 66.8 Å². The maximum atomic E-state index is 12.5. The molecule has 0 unspecified atom stereocenters. The van der Waals surface area contributed by atoms with Crippen molar-refractivity contribution >= 4 is 11.9 Å². The highest BCUT2D eigenvalue weighted by Gasteiger charge is 2.32. The van der Waals surface area contributed by atoms with Gasteiger partial charge in [0.15, 0.2) is 0 Å². The first kappa shape index (κ1) is 20.3. The Morgan fingerprint density at radius 2 is 1.63 bits per heavy atom. The Kier molecular flexibility index (Phi) is 6.44. The van der Waals surface area contributed by atoms with E-state index in [1.165, 1.54) is 36.2 Å². The lowest BCUT2D eigenvalue weighted by Gasteiger charge is -2.20. The summed E-state index contributed by atoms with van der Waals surface area (Å²) in [5.74, 6) is -1.76. The Balaban J connectivity index is 2.02. The molecule has 0 aliphatic carbocycles. The van der Waals surface area contributed by atoms with E-state index in [2.05, 4.69) is 4.74 Å². The van der Waals surface area contributed by atoms with Crippen molar-refractivity contribution in [3.05, 3.63) is 65.2 Å². The van der Waals surface area contributed by atoms with Crippen molar-refractivity contribution in [1.29, 1.82) is 0 Å². The number of hydrogen-bond donors (Lipinski definition) is 1. The van der Waals surface area contributed by atoms with Gasteiger partial charge in [-0.05, 0) is 24.1 Å². The number of carboxylic acids is 1. The molecular weight excluding hydrogens is 363 g/mol. The number of amides is 1. The summed E-state index contributed by atoms with van der Waals surface area (Å²) in [6.07, 6.45) is -4.57. The van der Waals surface area contributed by atoms with Gasteiger partial charge < -0.3 is 14.7 Å². The van der Waals surface area contributed by atoms with E-state index in [0.29, 0.717) is 5.56 Å². The van der Waals surface area contributed by atoms with E-state index in [1.807, 2.05) is 0 Å². The zero-order valence-corrected chi connectivity index (χ0v) is 14.5. The molecule has 0 saturated heterocycles. The monoisotopic (exact) mass is 381 g/mol. The number of nitrogens with zero attached hydrogens (tertiary/aromatic N) is 1. The Morgan fingerprint density at radius 3 is 2.26 bits per heavy atom. The van der Waals surface area contributed by atoms with Gasteiger partial charge >= 0.3 is 12.3 Å². The zero-order valence-electron chi connectivity index (χ0n) is 14.5. The predicted molar refractivity (Wildman–Crippen MR) is 91.3 cm³/mol. The summed E-state index contributed by atoms with van der Waals surface area (Å²) in [5.41, 5.74) is 0.862. The summed E-state index contributed by atoms with van der Waals surface area (Å²) < 4.78 is 41.4. The fraction of sp³-hybridized carbons (Fsp3) is 0.263. The highest BCUT2D eigenvalue weighted by molar-refractivity contribution is 5.89. The van der Waals surface area contributed by atoms with Crippen LogP contribution in [-0.2, 0) is 17.8 Å². The number of aromatic carboxylic acids is 1. The lowest BCUT2D eigenvalue weighted by atomic mass is 10.0. The number of alkyl halides is 3. The van der Waals surface area contributed by atoms with Gasteiger partial charge in [-0.3, -0.25) is 4.79 Å². The fourth-order valence-corrected chi connectivity index (χ4v) is 2.58. The Labute approximate surface area is 154 Å². The molecule has 0 radical (unpaired) electrons. The Bertz CT molecular complexity index is 821. The highest BCUT2D eigenvalue weighted by atomic mass is 19.4. The summed E-state index contributed by atoms with van der Waals surface area (Å²) in [5, 5.41) is 9.16. The predicted octanol–water partition coefficient (Wildman–Crippen LogP) is 3.87. The number of halogens is 3. The molecule has 5 nitrogen and oxygen atoms in total. The molecule has 0 aliphatic rings. The maximum absolute atomic E-state index is 12.5. The van der Waals surface area contributed by atoms with Crippen LogP contribution in [0, 0.1) is 0 Å². The van der Waals surface area contributed by atoms with Crippen molar-refractivity contribution in [2.45, 2.75) is 25.7 Å². The van der Waals surface area contributed by atoms with Crippen LogP contribution in [0.1, 0.15) is 27.9 Å². The van der Waals surface area contributed by atoms with Gasteiger partial charge in [-0.1, -0.05) is 36.4 Å². The molecular formula is C19H18F3NO4. The van der Waals surface area contributed by atoms with E-state index in [0.717, 1.165) is 0 Å². The first-order valence-electron chi connectivity index (χ1n) is 8.06. The average Bonchev–Trinajstić information content (AvgIpc) is 2.60. The number of para-hydroxylation sites is 1. The minimum absolute atomic E-state index is 0.0308. The lowest BCUT2D eigenvalue weighted by Crippen LogP contribution is -2.27. The van der Waals surface area contributed by atoms with Crippen LogP contribution in [-0.4, -0.2) is 35.3 Å². The summed E-state index contributed by atoms with van der Waals surface area (Å²) >= 11 is 0. The molecule has 27 heavy (non-hydrogen) atoms. The minimum Gasteiger partial charge on any atom is -0.478 e. The first-order chi connectivity index (χ1) is 12.7. The van der Waals surface area contributed by atoms with Gasteiger partial charge in [-0.2, -0.15) is 0 Å². The second-order valence-corrected chi connectivity index (χ2v) is 5.87. The van der Waals surface area contributed by atoms with Crippen LogP contribution in [0.3, 0.4) is 0 Å². The van der Waals surface area contributed by atoms with Crippen LogP contribution < -0.4 is 4.74 Å². The van der Waals surface area contributed by atoms with Gasteiger partial charge in [0.1, 0.15) is 5.75 Å². The van der Waals surface area contributed by atoms with Gasteiger partial charge in [0.25, 0.3) is 0 Å². The van der Waals surface area contributed by atoms with E-state index in [4.69, 9.17) is 5.11 Å². The van der Waals surface area contributed by atoms with Crippen LogP contribution in [0.5, 0.6) is 5.75 Å². The van der Waals surface area contributed by atoms with Crippen LogP contribution in [0.25, 0.3) is 0 Å². The zero-order chi connectivity index (χ0) is 20.0. The van der Waals surface area contributed by atoms with Crippen LogP contribution in [0.15, 0.2) is 48.5 Å². The van der Waals surface area contributed by atoms with Crippen LogP contribution in [0.2, 0.25) is 0 Å².